The summed E-state index contributed by atoms with van der Waals surface area (Å²) in [4.78, 5) is 11.1. The quantitative estimate of drug-likeness (QED) is 0.375. The summed E-state index contributed by atoms with van der Waals surface area (Å²) in [5.41, 5.74) is 1.43. The molecule has 0 aromatic heterocycles. The van der Waals surface area contributed by atoms with E-state index in [0.29, 0.717) is 43.3 Å². The Labute approximate surface area is 142 Å². The van der Waals surface area contributed by atoms with E-state index in [1.165, 1.54) is 0 Å². The highest BCUT2D eigenvalue weighted by Gasteiger charge is 2.13. The van der Waals surface area contributed by atoms with Crippen molar-refractivity contribution in [2.45, 2.75) is 13.3 Å². The van der Waals surface area contributed by atoms with Gasteiger partial charge < -0.3 is 14.2 Å². The molecule has 24 heavy (non-hydrogen) atoms. The summed E-state index contributed by atoms with van der Waals surface area (Å²) in [5.74, 6) is 2.01. The van der Waals surface area contributed by atoms with Crippen LogP contribution in [0.1, 0.15) is 22.8 Å². The molecule has 0 atom stereocenters. The number of allylic oxidation sites excluding steroid dienone is 1. The molecule has 0 amide bonds. The van der Waals surface area contributed by atoms with Crippen LogP contribution in [0.15, 0.2) is 55.1 Å². The molecule has 0 radical (unpaired) electrons. The van der Waals surface area contributed by atoms with E-state index in [2.05, 4.69) is 6.58 Å². The Balaban J connectivity index is 2.08. The Morgan fingerprint density at radius 2 is 1.79 bits per heavy atom. The van der Waals surface area contributed by atoms with Crippen LogP contribution in [0, 0.1) is 0 Å². The molecule has 4 nitrogen and oxygen atoms in total. The monoisotopic (exact) mass is 326 g/mol. The van der Waals surface area contributed by atoms with Gasteiger partial charge in [0.25, 0.3) is 0 Å². The first-order valence-corrected chi connectivity index (χ1v) is 7.95. The summed E-state index contributed by atoms with van der Waals surface area (Å²) < 4.78 is 17.1. The summed E-state index contributed by atoms with van der Waals surface area (Å²) in [6.07, 6.45) is 3.17. The first kappa shape index (κ1) is 17.6. The maximum atomic E-state index is 11.1. The SMILES string of the molecule is C=CCc1cc(C=O)cc(OCC)c1OCCOc1ccccc1. The molecule has 0 saturated carbocycles. The molecule has 0 fully saturated rings. The molecule has 0 unspecified atom stereocenters. The van der Waals surface area contributed by atoms with Crippen molar-refractivity contribution >= 4 is 6.29 Å². The molecule has 0 bridgehead atoms. The van der Waals surface area contributed by atoms with E-state index in [1.54, 1.807) is 18.2 Å². The van der Waals surface area contributed by atoms with Crippen molar-refractivity contribution in [3.8, 4) is 17.2 Å². The Morgan fingerprint density at radius 3 is 2.46 bits per heavy atom. The van der Waals surface area contributed by atoms with Crippen LogP contribution in [0.4, 0.5) is 0 Å². The molecule has 0 heterocycles. The third kappa shape index (κ3) is 4.88. The summed E-state index contributed by atoms with van der Waals surface area (Å²) in [6, 6.07) is 13.1. The molecular weight excluding hydrogens is 304 g/mol. The van der Waals surface area contributed by atoms with Crippen LogP contribution in [-0.4, -0.2) is 26.1 Å². The van der Waals surface area contributed by atoms with Gasteiger partial charge in [0.15, 0.2) is 11.5 Å². The largest absolute Gasteiger partial charge is 0.490 e. The Bertz CT molecular complexity index is 665. The summed E-state index contributed by atoms with van der Waals surface area (Å²) >= 11 is 0. The van der Waals surface area contributed by atoms with Gasteiger partial charge in [0, 0.05) is 11.1 Å². The number of aldehydes is 1. The van der Waals surface area contributed by atoms with Crippen LogP contribution in [0.3, 0.4) is 0 Å². The summed E-state index contributed by atoms with van der Waals surface area (Å²) in [5, 5.41) is 0. The van der Waals surface area contributed by atoms with Crippen molar-refractivity contribution in [3.63, 3.8) is 0 Å². The second kappa shape index (κ2) is 9.40. The molecule has 2 aromatic rings. The zero-order valence-electron chi connectivity index (χ0n) is 13.9. The average Bonchev–Trinajstić information content (AvgIpc) is 2.61. The molecule has 0 saturated heterocycles. The Hall–Kier alpha value is -2.75. The van der Waals surface area contributed by atoms with Crippen LogP contribution < -0.4 is 14.2 Å². The number of carbonyl (C=O) groups excluding carboxylic acids is 1. The highest BCUT2D eigenvalue weighted by molar-refractivity contribution is 5.77. The van der Waals surface area contributed by atoms with Crippen molar-refractivity contribution in [1.82, 2.24) is 0 Å². The third-order valence-electron chi connectivity index (χ3n) is 3.30. The van der Waals surface area contributed by atoms with Crippen LogP contribution in [-0.2, 0) is 6.42 Å². The van der Waals surface area contributed by atoms with Gasteiger partial charge in [-0.2, -0.15) is 0 Å². The average molecular weight is 326 g/mol. The fourth-order valence-corrected chi connectivity index (χ4v) is 2.31. The number of hydrogen-bond donors (Lipinski definition) is 0. The summed E-state index contributed by atoms with van der Waals surface area (Å²) in [7, 11) is 0. The van der Waals surface area contributed by atoms with Crippen molar-refractivity contribution < 1.29 is 19.0 Å². The van der Waals surface area contributed by atoms with Crippen molar-refractivity contribution in [2.75, 3.05) is 19.8 Å². The van der Waals surface area contributed by atoms with Crippen LogP contribution in [0.5, 0.6) is 17.2 Å². The lowest BCUT2D eigenvalue weighted by molar-refractivity contribution is 0.112. The minimum Gasteiger partial charge on any atom is -0.490 e. The normalized spacial score (nSPS) is 10.0. The first-order chi connectivity index (χ1) is 11.8. The van der Waals surface area contributed by atoms with Crippen molar-refractivity contribution in [2.24, 2.45) is 0 Å². The lowest BCUT2D eigenvalue weighted by Gasteiger charge is -2.16. The zero-order chi connectivity index (χ0) is 17.2. The molecule has 0 aliphatic heterocycles. The van der Waals surface area contributed by atoms with E-state index in [9.17, 15) is 4.79 Å². The van der Waals surface area contributed by atoms with Gasteiger partial charge in [-0.05, 0) is 37.6 Å². The van der Waals surface area contributed by atoms with E-state index in [1.807, 2.05) is 37.3 Å². The highest BCUT2D eigenvalue weighted by atomic mass is 16.5. The van der Waals surface area contributed by atoms with Gasteiger partial charge in [0.2, 0.25) is 0 Å². The number of benzene rings is 2. The standard InChI is InChI=1S/C20H22O4/c1-3-8-17-13-16(15-21)14-19(22-4-2)20(17)24-12-11-23-18-9-6-5-7-10-18/h3,5-7,9-10,13-15H,1,4,8,11-12H2,2H3. The van der Waals surface area contributed by atoms with Gasteiger partial charge in [-0.3, -0.25) is 4.79 Å². The number of hydrogen-bond acceptors (Lipinski definition) is 4. The molecule has 0 spiro atoms. The lowest BCUT2D eigenvalue weighted by atomic mass is 10.1. The van der Waals surface area contributed by atoms with Gasteiger partial charge in [-0.25, -0.2) is 0 Å². The smallest absolute Gasteiger partial charge is 0.164 e. The van der Waals surface area contributed by atoms with Gasteiger partial charge in [0.05, 0.1) is 6.61 Å². The molecular formula is C20H22O4. The van der Waals surface area contributed by atoms with Gasteiger partial charge in [-0.1, -0.05) is 24.3 Å². The van der Waals surface area contributed by atoms with E-state index in [4.69, 9.17) is 14.2 Å². The minimum absolute atomic E-state index is 0.375. The lowest BCUT2D eigenvalue weighted by Crippen LogP contribution is -2.11. The molecule has 0 aliphatic carbocycles. The van der Waals surface area contributed by atoms with E-state index in [-0.39, 0.29) is 0 Å². The van der Waals surface area contributed by atoms with E-state index >= 15 is 0 Å². The molecule has 2 aromatic carbocycles. The second-order valence-corrected chi connectivity index (χ2v) is 5.06. The number of ether oxygens (including phenoxy) is 3. The fourth-order valence-electron chi connectivity index (χ4n) is 2.31. The van der Waals surface area contributed by atoms with Crippen LogP contribution in [0.2, 0.25) is 0 Å². The van der Waals surface area contributed by atoms with Crippen LogP contribution >= 0.6 is 0 Å². The maximum absolute atomic E-state index is 11.1. The van der Waals surface area contributed by atoms with Crippen molar-refractivity contribution in [3.05, 3.63) is 66.2 Å². The third-order valence-corrected chi connectivity index (χ3v) is 3.30. The maximum Gasteiger partial charge on any atom is 0.164 e. The molecule has 0 N–H and O–H groups in total. The van der Waals surface area contributed by atoms with Gasteiger partial charge >= 0.3 is 0 Å². The highest BCUT2D eigenvalue weighted by Crippen LogP contribution is 2.33. The number of carbonyl (C=O) groups is 1. The molecule has 126 valence electrons. The van der Waals surface area contributed by atoms with Gasteiger partial charge in [0.1, 0.15) is 25.2 Å². The van der Waals surface area contributed by atoms with Gasteiger partial charge in [-0.15, -0.1) is 6.58 Å². The predicted octanol–water partition coefficient (Wildman–Crippen LogP) is 4.08. The fraction of sp³-hybridized carbons (Fsp3) is 0.250. The Kier molecular flexibility index (Phi) is 6.90. The topological polar surface area (TPSA) is 44.8 Å². The number of para-hydroxylation sites is 1. The zero-order valence-corrected chi connectivity index (χ0v) is 13.9. The molecule has 4 heteroatoms. The van der Waals surface area contributed by atoms with Crippen molar-refractivity contribution in [1.29, 1.82) is 0 Å². The van der Waals surface area contributed by atoms with E-state index < -0.39 is 0 Å². The Morgan fingerprint density at radius 1 is 1.04 bits per heavy atom. The van der Waals surface area contributed by atoms with Crippen LogP contribution in [0.25, 0.3) is 0 Å². The molecule has 0 aliphatic rings. The minimum atomic E-state index is 0.375. The molecule has 2 rings (SSSR count). The van der Waals surface area contributed by atoms with E-state index in [0.717, 1.165) is 17.6 Å². The first-order valence-electron chi connectivity index (χ1n) is 7.95. The summed E-state index contributed by atoms with van der Waals surface area (Å²) in [6.45, 7) is 6.93. The predicted molar refractivity (Wildman–Crippen MR) is 94.3 cm³/mol. The number of rotatable bonds is 10. The second-order valence-electron chi connectivity index (χ2n) is 5.06.